The van der Waals surface area contributed by atoms with Gasteiger partial charge in [-0.3, -0.25) is 4.79 Å². The summed E-state index contributed by atoms with van der Waals surface area (Å²) >= 11 is 0. The van der Waals surface area contributed by atoms with Crippen molar-refractivity contribution in [1.82, 2.24) is 0 Å². The van der Waals surface area contributed by atoms with Crippen LogP contribution in [-0.4, -0.2) is 18.9 Å². The molecule has 2 nitrogen and oxygen atoms in total. The van der Waals surface area contributed by atoms with Crippen molar-refractivity contribution < 1.29 is 4.79 Å². The summed E-state index contributed by atoms with van der Waals surface area (Å²) in [5, 5.41) is 0. The second-order valence-corrected chi connectivity index (χ2v) is 6.69. The lowest BCUT2D eigenvalue weighted by Gasteiger charge is -2.38. The Bertz CT molecular complexity index is 507. The average molecular weight is 269 g/mol. The predicted molar refractivity (Wildman–Crippen MR) is 81.5 cm³/mol. The van der Waals surface area contributed by atoms with Crippen molar-refractivity contribution in [2.45, 2.75) is 57.3 Å². The van der Waals surface area contributed by atoms with Gasteiger partial charge in [0.15, 0.2) is 0 Å². The fourth-order valence-corrected chi connectivity index (χ4v) is 4.34. The summed E-state index contributed by atoms with van der Waals surface area (Å²) < 4.78 is 0. The summed E-state index contributed by atoms with van der Waals surface area (Å²) in [5.74, 6) is 1.10. The van der Waals surface area contributed by atoms with E-state index in [0.717, 1.165) is 25.7 Å². The fraction of sp³-hybridized carbons (Fsp3) is 0.611. The minimum absolute atomic E-state index is 0.465. The van der Waals surface area contributed by atoms with Gasteiger partial charge in [-0.2, -0.15) is 0 Å². The minimum Gasteiger partial charge on any atom is -0.371 e. The standard InChI is InChI=1S/C18H23NO/c20-17-7-5-13(6-8-17)16-11-14-3-1-9-19-10-2-4-15(12-16)18(14)19/h11-13H,1-10H2. The molecule has 0 aromatic heterocycles. The number of hydrogen-bond donors (Lipinski definition) is 0. The average Bonchev–Trinajstić information content (AvgIpc) is 2.48. The molecular formula is C18H23NO. The number of ketones is 1. The highest BCUT2D eigenvalue weighted by Crippen LogP contribution is 2.40. The van der Waals surface area contributed by atoms with Crippen LogP contribution in [0.4, 0.5) is 5.69 Å². The molecule has 0 atom stereocenters. The molecule has 2 heteroatoms. The van der Waals surface area contributed by atoms with E-state index < -0.39 is 0 Å². The van der Waals surface area contributed by atoms with Gasteiger partial charge in [0.1, 0.15) is 5.78 Å². The Kier molecular flexibility index (Phi) is 3.05. The lowest BCUT2D eigenvalue weighted by atomic mass is 9.80. The lowest BCUT2D eigenvalue weighted by Crippen LogP contribution is -2.34. The quantitative estimate of drug-likeness (QED) is 0.776. The summed E-state index contributed by atoms with van der Waals surface area (Å²) in [4.78, 5) is 14.0. The van der Waals surface area contributed by atoms with Crippen LogP contribution in [0.25, 0.3) is 0 Å². The van der Waals surface area contributed by atoms with Gasteiger partial charge in [-0.25, -0.2) is 0 Å². The van der Waals surface area contributed by atoms with E-state index in [9.17, 15) is 4.79 Å². The molecule has 1 aliphatic carbocycles. The number of aryl methyl sites for hydroxylation is 2. The molecule has 1 saturated carbocycles. The molecule has 0 bridgehead atoms. The van der Waals surface area contributed by atoms with Gasteiger partial charge in [0.05, 0.1) is 0 Å². The van der Waals surface area contributed by atoms with Crippen molar-refractivity contribution in [3.8, 4) is 0 Å². The van der Waals surface area contributed by atoms with Crippen molar-refractivity contribution in [3.63, 3.8) is 0 Å². The molecule has 0 spiro atoms. The molecule has 0 unspecified atom stereocenters. The Morgan fingerprint density at radius 1 is 0.900 bits per heavy atom. The first-order valence-electron chi connectivity index (χ1n) is 8.23. The molecule has 20 heavy (non-hydrogen) atoms. The topological polar surface area (TPSA) is 20.3 Å². The van der Waals surface area contributed by atoms with Crippen molar-refractivity contribution in [3.05, 3.63) is 28.8 Å². The fourth-order valence-electron chi connectivity index (χ4n) is 4.34. The van der Waals surface area contributed by atoms with Gasteiger partial charge < -0.3 is 4.90 Å². The smallest absolute Gasteiger partial charge is 0.132 e. The Hall–Kier alpha value is -1.31. The largest absolute Gasteiger partial charge is 0.371 e. The first-order chi connectivity index (χ1) is 9.81. The second-order valence-electron chi connectivity index (χ2n) is 6.69. The van der Waals surface area contributed by atoms with Crippen LogP contribution in [0.5, 0.6) is 0 Å². The van der Waals surface area contributed by atoms with Crippen molar-refractivity contribution in [1.29, 1.82) is 0 Å². The van der Waals surface area contributed by atoms with Crippen molar-refractivity contribution in [2.24, 2.45) is 0 Å². The highest BCUT2D eigenvalue weighted by Gasteiger charge is 2.27. The normalized spacial score (nSPS) is 22.8. The number of benzene rings is 1. The minimum atomic E-state index is 0.465. The number of anilines is 1. The van der Waals surface area contributed by atoms with E-state index in [1.165, 1.54) is 44.3 Å². The van der Waals surface area contributed by atoms with Crippen LogP contribution in [0.1, 0.15) is 61.1 Å². The highest BCUT2D eigenvalue weighted by atomic mass is 16.1. The van der Waals surface area contributed by atoms with Gasteiger partial charge >= 0.3 is 0 Å². The first-order valence-corrected chi connectivity index (χ1v) is 8.23. The molecule has 2 aliphatic heterocycles. The molecule has 4 rings (SSSR count). The maximum atomic E-state index is 11.4. The Morgan fingerprint density at radius 3 is 2.10 bits per heavy atom. The van der Waals surface area contributed by atoms with E-state index in [1.807, 2.05) is 0 Å². The third kappa shape index (κ3) is 2.06. The first kappa shape index (κ1) is 12.4. The van der Waals surface area contributed by atoms with Gasteiger partial charge in [0.2, 0.25) is 0 Å². The molecule has 1 aromatic carbocycles. The van der Waals surface area contributed by atoms with Crippen LogP contribution < -0.4 is 4.90 Å². The van der Waals surface area contributed by atoms with E-state index >= 15 is 0 Å². The van der Waals surface area contributed by atoms with Crippen LogP contribution in [0.2, 0.25) is 0 Å². The third-order valence-corrected chi connectivity index (χ3v) is 5.37. The molecule has 1 fully saturated rings. The molecule has 1 aromatic rings. The summed E-state index contributed by atoms with van der Waals surface area (Å²) in [6, 6.07) is 4.94. The van der Waals surface area contributed by atoms with Gasteiger partial charge in [0, 0.05) is 31.6 Å². The molecule has 0 amide bonds. The number of carbonyl (C=O) groups is 1. The van der Waals surface area contributed by atoms with E-state index in [4.69, 9.17) is 0 Å². The van der Waals surface area contributed by atoms with Gasteiger partial charge in [0.25, 0.3) is 0 Å². The Labute approximate surface area is 121 Å². The summed E-state index contributed by atoms with van der Waals surface area (Å²) in [7, 11) is 0. The van der Waals surface area contributed by atoms with E-state index in [2.05, 4.69) is 17.0 Å². The second kappa shape index (κ2) is 4.91. The van der Waals surface area contributed by atoms with Crippen LogP contribution in [0, 0.1) is 0 Å². The van der Waals surface area contributed by atoms with Crippen LogP contribution in [0.15, 0.2) is 12.1 Å². The molecule has 0 saturated heterocycles. The molecule has 0 N–H and O–H groups in total. The van der Waals surface area contributed by atoms with Crippen molar-refractivity contribution >= 4 is 11.5 Å². The summed E-state index contributed by atoms with van der Waals surface area (Å²) in [6.45, 7) is 2.49. The zero-order valence-electron chi connectivity index (χ0n) is 12.2. The zero-order chi connectivity index (χ0) is 13.5. The molecule has 2 heterocycles. The number of Topliss-reactive ketones (excluding diaryl/α,β-unsaturated/α-hetero) is 1. The van der Waals surface area contributed by atoms with Gasteiger partial charge in [-0.05, 0) is 61.1 Å². The number of carbonyl (C=O) groups excluding carboxylic acids is 1. The SMILES string of the molecule is O=C1CCC(c2cc3c4c(c2)CCCN4CCC3)CC1. The van der Waals surface area contributed by atoms with E-state index in [-0.39, 0.29) is 0 Å². The summed E-state index contributed by atoms with van der Waals surface area (Å²) in [6.07, 6.45) is 8.84. The van der Waals surface area contributed by atoms with Crippen LogP contribution in [-0.2, 0) is 17.6 Å². The van der Waals surface area contributed by atoms with E-state index in [0.29, 0.717) is 11.7 Å². The molecule has 3 aliphatic rings. The van der Waals surface area contributed by atoms with Gasteiger partial charge in [-0.15, -0.1) is 0 Å². The van der Waals surface area contributed by atoms with Crippen LogP contribution >= 0.6 is 0 Å². The zero-order valence-corrected chi connectivity index (χ0v) is 12.2. The Morgan fingerprint density at radius 2 is 1.50 bits per heavy atom. The highest BCUT2D eigenvalue weighted by molar-refractivity contribution is 5.79. The summed E-state index contributed by atoms with van der Waals surface area (Å²) in [5.41, 5.74) is 6.26. The predicted octanol–water partition coefficient (Wildman–Crippen LogP) is 3.61. The van der Waals surface area contributed by atoms with Gasteiger partial charge in [-0.1, -0.05) is 12.1 Å². The Balaban J connectivity index is 1.70. The number of hydrogen-bond acceptors (Lipinski definition) is 2. The van der Waals surface area contributed by atoms with E-state index in [1.54, 1.807) is 16.8 Å². The monoisotopic (exact) mass is 269 g/mol. The molecule has 0 radical (unpaired) electrons. The number of rotatable bonds is 1. The van der Waals surface area contributed by atoms with Crippen molar-refractivity contribution in [2.75, 3.05) is 18.0 Å². The molecule has 106 valence electrons. The number of nitrogens with zero attached hydrogens (tertiary/aromatic N) is 1. The molecular weight excluding hydrogens is 246 g/mol. The third-order valence-electron chi connectivity index (χ3n) is 5.37. The maximum absolute atomic E-state index is 11.4. The lowest BCUT2D eigenvalue weighted by molar-refractivity contribution is -0.120. The maximum Gasteiger partial charge on any atom is 0.132 e. The van der Waals surface area contributed by atoms with Crippen LogP contribution in [0.3, 0.4) is 0 Å².